The summed E-state index contributed by atoms with van der Waals surface area (Å²) in [5, 5.41) is 3.50. The first kappa shape index (κ1) is 15.6. The Hall–Kier alpha value is -1.81. The Morgan fingerprint density at radius 3 is 2.19 bits per heavy atom. The zero-order chi connectivity index (χ0) is 15.6. The van der Waals surface area contributed by atoms with Crippen LogP contribution in [0.3, 0.4) is 0 Å². The van der Waals surface area contributed by atoms with Crippen molar-refractivity contribution in [2.24, 2.45) is 0 Å². The van der Waals surface area contributed by atoms with Crippen LogP contribution in [-0.4, -0.2) is 20.5 Å². The van der Waals surface area contributed by atoms with Gasteiger partial charge >= 0.3 is 0 Å². The number of nitrogens with one attached hydrogen (secondary N) is 1. The highest BCUT2D eigenvalue weighted by Gasteiger charge is 2.14. The predicted molar refractivity (Wildman–Crippen MR) is 86.1 cm³/mol. The van der Waals surface area contributed by atoms with Crippen molar-refractivity contribution in [2.75, 3.05) is 0 Å². The third kappa shape index (κ3) is 3.85. The van der Waals surface area contributed by atoms with Crippen LogP contribution in [0.25, 0.3) is 11.4 Å². The van der Waals surface area contributed by atoms with Crippen LogP contribution in [0.15, 0.2) is 18.5 Å². The fraction of sp³-hybridized carbons (Fsp3) is 0.471. The second-order valence-corrected chi connectivity index (χ2v) is 6.49. The average Bonchev–Trinajstić information content (AvgIpc) is 2.36. The minimum absolute atomic E-state index is 0.0826. The molecule has 0 spiro atoms. The Balaban J connectivity index is 2.36. The van der Waals surface area contributed by atoms with Gasteiger partial charge in [0.25, 0.3) is 0 Å². The molecule has 0 atom stereocenters. The molecule has 2 aromatic heterocycles. The molecule has 0 fully saturated rings. The van der Waals surface area contributed by atoms with Crippen molar-refractivity contribution in [1.82, 2.24) is 20.3 Å². The smallest absolute Gasteiger partial charge is 0.160 e. The van der Waals surface area contributed by atoms with Crippen molar-refractivity contribution in [2.45, 2.75) is 53.6 Å². The highest BCUT2D eigenvalue weighted by atomic mass is 15.0. The summed E-state index contributed by atoms with van der Waals surface area (Å²) in [6, 6.07) is 1.97. The van der Waals surface area contributed by atoms with E-state index in [4.69, 9.17) is 0 Å². The van der Waals surface area contributed by atoms with E-state index >= 15 is 0 Å². The second-order valence-electron chi connectivity index (χ2n) is 6.49. The lowest BCUT2D eigenvalue weighted by molar-refractivity contribution is 0.422. The van der Waals surface area contributed by atoms with E-state index in [1.54, 1.807) is 6.20 Å². The van der Waals surface area contributed by atoms with E-state index in [-0.39, 0.29) is 5.54 Å². The molecular weight excluding hydrogens is 260 g/mol. The largest absolute Gasteiger partial charge is 0.308 e. The number of hydrogen-bond acceptors (Lipinski definition) is 4. The first-order valence-corrected chi connectivity index (χ1v) is 7.28. The van der Waals surface area contributed by atoms with Gasteiger partial charge in [-0.25, -0.2) is 9.97 Å². The first-order chi connectivity index (χ1) is 9.78. The van der Waals surface area contributed by atoms with Crippen LogP contribution < -0.4 is 5.32 Å². The minimum atomic E-state index is 0.0826. The standard InChI is InChI=1S/C17H24N4/c1-11-9-18-8-7-14(11)16-20-12(2)15(13(3)21-16)10-19-17(4,5)6/h7-9,19H,10H2,1-6H3. The van der Waals surface area contributed by atoms with Gasteiger partial charge in [-0.05, 0) is 53.2 Å². The molecule has 2 rings (SSSR count). The molecule has 112 valence electrons. The highest BCUT2D eigenvalue weighted by Crippen LogP contribution is 2.21. The molecule has 2 aromatic rings. The van der Waals surface area contributed by atoms with E-state index < -0.39 is 0 Å². The van der Waals surface area contributed by atoms with Gasteiger partial charge in [0.2, 0.25) is 0 Å². The molecule has 2 heterocycles. The average molecular weight is 284 g/mol. The molecule has 0 bridgehead atoms. The van der Waals surface area contributed by atoms with Gasteiger partial charge in [-0.15, -0.1) is 0 Å². The predicted octanol–water partition coefficient (Wildman–Crippen LogP) is 3.35. The van der Waals surface area contributed by atoms with E-state index in [0.29, 0.717) is 0 Å². The minimum Gasteiger partial charge on any atom is -0.308 e. The molecule has 4 heteroatoms. The van der Waals surface area contributed by atoms with E-state index in [9.17, 15) is 0 Å². The molecule has 4 nitrogen and oxygen atoms in total. The van der Waals surface area contributed by atoms with Crippen LogP contribution in [0.5, 0.6) is 0 Å². The molecule has 0 amide bonds. The number of hydrogen-bond donors (Lipinski definition) is 1. The zero-order valence-corrected chi connectivity index (χ0v) is 13.8. The van der Waals surface area contributed by atoms with Gasteiger partial charge in [-0.1, -0.05) is 0 Å². The van der Waals surface area contributed by atoms with Crippen LogP contribution in [0.4, 0.5) is 0 Å². The molecule has 0 saturated heterocycles. The Morgan fingerprint density at radius 1 is 1.05 bits per heavy atom. The number of nitrogens with zero attached hydrogens (tertiary/aromatic N) is 3. The Morgan fingerprint density at radius 2 is 1.67 bits per heavy atom. The van der Waals surface area contributed by atoms with Crippen molar-refractivity contribution in [3.8, 4) is 11.4 Å². The maximum absolute atomic E-state index is 4.69. The summed E-state index contributed by atoms with van der Waals surface area (Å²) in [4.78, 5) is 13.5. The molecule has 0 aliphatic carbocycles. The van der Waals surface area contributed by atoms with Gasteiger partial charge in [-0.2, -0.15) is 0 Å². The molecule has 0 aromatic carbocycles. The van der Waals surface area contributed by atoms with Crippen molar-refractivity contribution in [3.05, 3.63) is 41.0 Å². The summed E-state index contributed by atoms with van der Waals surface area (Å²) in [5.74, 6) is 0.782. The Kier molecular flexibility index (Phi) is 4.37. The molecule has 0 saturated carbocycles. The van der Waals surface area contributed by atoms with Gasteiger partial charge in [0, 0.05) is 47.0 Å². The van der Waals surface area contributed by atoms with Crippen molar-refractivity contribution in [1.29, 1.82) is 0 Å². The summed E-state index contributed by atoms with van der Waals surface area (Å²) in [6.07, 6.45) is 3.63. The summed E-state index contributed by atoms with van der Waals surface area (Å²) < 4.78 is 0. The summed E-state index contributed by atoms with van der Waals surface area (Å²) in [7, 11) is 0. The first-order valence-electron chi connectivity index (χ1n) is 7.28. The molecule has 1 N–H and O–H groups in total. The summed E-state index contributed by atoms with van der Waals surface area (Å²) in [6.45, 7) is 13.4. The molecule has 21 heavy (non-hydrogen) atoms. The van der Waals surface area contributed by atoms with Gasteiger partial charge < -0.3 is 5.32 Å². The van der Waals surface area contributed by atoms with Crippen molar-refractivity contribution in [3.63, 3.8) is 0 Å². The lowest BCUT2D eigenvalue weighted by atomic mass is 10.1. The SMILES string of the molecule is Cc1cnccc1-c1nc(C)c(CNC(C)(C)C)c(C)n1. The maximum Gasteiger partial charge on any atom is 0.160 e. The molecule has 0 radical (unpaired) electrons. The molecule has 0 aliphatic rings. The third-order valence-electron chi connectivity index (χ3n) is 3.48. The Labute approximate surface area is 127 Å². The van der Waals surface area contributed by atoms with Crippen LogP contribution in [0, 0.1) is 20.8 Å². The third-order valence-corrected chi connectivity index (χ3v) is 3.48. The molecule has 0 aliphatic heterocycles. The second kappa shape index (κ2) is 5.90. The molecular formula is C17H24N4. The van der Waals surface area contributed by atoms with Crippen LogP contribution in [-0.2, 0) is 6.54 Å². The number of pyridine rings is 1. The summed E-state index contributed by atoms with van der Waals surface area (Å²) in [5.41, 5.74) is 5.47. The van der Waals surface area contributed by atoms with E-state index in [2.05, 4.69) is 41.0 Å². The topological polar surface area (TPSA) is 50.7 Å². The fourth-order valence-electron chi connectivity index (χ4n) is 2.19. The van der Waals surface area contributed by atoms with Gasteiger partial charge in [0.15, 0.2) is 5.82 Å². The maximum atomic E-state index is 4.69. The number of aromatic nitrogens is 3. The zero-order valence-electron chi connectivity index (χ0n) is 13.8. The van der Waals surface area contributed by atoms with Gasteiger partial charge in [0.05, 0.1) is 0 Å². The van der Waals surface area contributed by atoms with Crippen LogP contribution in [0.2, 0.25) is 0 Å². The van der Waals surface area contributed by atoms with Gasteiger partial charge in [-0.3, -0.25) is 4.98 Å². The Bertz CT molecular complexity index is 618. The fourth-order valence-corrected chi connectivity index (χ4v) is 2.19. The molecule has 0 unspecified atom stereocenters. The van der Waals surface area contributed by atoms with Crippen LogP contribution >= 0.6 is 0 Å². The number of rotatable bonds is 3. The van der Waals surface area contributed by atoms with Crippen molar-refractivity contribution < 1.29 is 0 Å². The van der Waals surface area contributed by atoms with E-state index in [1.807, 2.05) is 33.0 Å². The van der Waals surface area contributed by atoms with E-state index in [0.717, 1.165) is 34.9 Å². The van der Waals surface area contributed by atoms with E-state index in [1.165, 1.54) is 5.56 Å². The van der Waals surface area contributed by atoms with Gasteiger partial charge in [0.1, 0.15) is 0 Å². The lowest BCUT2D eigenvalue weighted by Crippen LogP contribution is -2.35. The normalized spacial score (nSPS) is 11.7. The summed E-state index contributed by atoms with van der Waals surface area (Å²) >= 11 is 0. The quantitative estimate of drug-likeness (QED) is 0.939. The van der Waals surface area contributed by atoms with Crippen LogP contribution in [0.1, 0.15) is 43.3 Å². The highest BCUT2D eigenvalue weighted by molar-refractivity contribution is 5.59. The lowest BCUT2D eigenvalue weighted by Gasteiger charge is -2.22. The van der Waals surface area contributed by atoms with Crippen molar-refractivity contribution >= 4 is 0 Å². The monoisotopic (exact) mass is 284 g/mol. The number of aryl methyl sites for hydroxylation is 3.